The van der Waals surface area contributed by atoms with Crippen LogP contribution in [-0.4, -0.2) is 38.0 Å². The second-order valence-corrected chi connectivity index (χ2v) is 9.87. The number of carbonyl (C=O) groups excluding carboxylic acids is 1. The van der Waals surface area contributed by atoms with Crippen LogP contribution < -0.4 is 29.1 Å². The summed E-state index contributed by atoms with van der Waals surface area (Å²) in [7, 11) is 3.13. The van der Waals surface area contributed by atoms with Crippen molar-refractivity contribution in [2.24, 2.45) is 4.99 Å². The number of ether oxygens (including phenoxy) is 4. The fraction of sp³-hybridized carbons (Fsp3) is 0.296. The van der Waals surface area contributed by atoms with Gasteiger partial charge in [-0.15, -0.1) is 0 Å². The third-order valence-corrected chi connectivity index (χ3v) is 7.49. The molecule has 2 heterocycles. The molecule has 10 heteroatoms. The third kappa shape index (κ3) is 5.08. The smallest absolute Gasteiger partial charge is 0.338 e. The highest BCUT2D eigenvalue weighted by Gasteiger charge is 2.35. The van der Waals surface area contributed by atoms with Crippen LogP contribution in [0.2, 0.25) is 0 Å². The number of para-hydroxylation sites is 1. The molecule has 0 fully saturated rings. The lowest BCUT2D eigenvalue weighted by Crippen LogP contribution is -2.40. The lowest BCUT2D eigenvalue weighted by atomic mass is 9.95. The summed E-state index contributed by atoms with van der Waals surface area (Å²) in [6, 6.07) is 10.2. The van der Waals surface area contributed by atoms with Gasteiger partial charge in [-0.05, 0) is 50.6 Å². The number of allylic oxidation sites excluding steroid dienone is 1. The molecule has 0 saturated carbocycles. The monoisotopic (exact) mass is 586 g/mol. The van der Waals surface area contributed by atoms with Crippen LogP contribution in [0.3, 0.4) is 0 Å². The average Bonchev–Trinajstić information content (AvgIpc) is 3.19. The van der Waals surface area contributed by atoms with Crippen molar-refractivity contribution in [2.75, 3.05) is 27.4 Å². The summed E-state index contributed by atoms with van der Waals surface area (Å²) in [6.07, 6.45) is 1.78. The van der Waals surface area contributed by atoms with Gasteiger partial charge < -0.3 is 18.9 Å². The van der Waals surface area contributed by atoms with Gasteiger partial charge in [-0.3, -0.25) is 9.36 Å². The topological polar surface area (TPSA) is 88.4 Å². The highest BCUT2D eigenvalue weighted by molar-refractivity contribution is 9.10. The van der Waals surface area contributed by atoms with E-state index in [1.165, 1.54) is 15.9 Å². The highest BCUT2D eigenvalue weighted by atomic mass is 79.9. The largest absolute Gasteiger partial charge is 0.496 e. The van der Waals surface area contributed by atoms with Crippen LogP contribution in [-0.2, 0) is 9.53 Å². The van der Waals surface area contributed by atoms with E-state index >= 15 is 0 Å². The molecule has 1 atom stereocenters. The van der Waals surface area contributed by atoms with Crippen molar-refractivity contribution in [2.45, 2.75) is 26.8 Å². The number of thiazole rings is 1. The maximum atomic E-state index is 13.9. The number of rotatable bonds is 8. The average molecular weight is 587 g/mol. The molecule has 0 radical (unpaired) electrons. The summed E-state index contributed by atoms with van der Waals surface area (Å²) in [4.78, 5) is 32.1. The van der Waals surface area contributed by atoms with Gasteiger partial charge >= 0.3 is 5.97 Å². The van der Waals surface area contributed by atoms with Crippen LogP contribution in [0.25, 0.3) is 6.08 Å². The molecular weight excluding hydrogens is 560 g/mol. The third-order valence-electron chi connectivity index (χ3n) is 5.82. The van der Waals surface area contributed by atoms with Crippen molar-refractivity contribution in [3.8, 4) is 17.2 Å². The standard InChI is InChI=1S/C27H27BrN2O6S/c1-6-35-21-12-16(18(28)14-20(21)34-5)13-22-25(31)30-24(17-10-8-9-11-19(17)33-4)23(26(32)36-7-2)15(3)29-27(30)37-22/h8-14,24H,6-7H2,1-5H3/b22-13+. The number of carbonyl (C=O) groups is 1. The van der Waals surface area contributed by atoms with Gasteiger partial charge in [0.25, 0.3) is 5.56 Å². The quantitative estimate of drug-likeness (QED) is 0.371. The van der Waals surface area contributed by atoms with Crippen LogP contribution in [0.15, 0.2) is 61.9 Å². The van der Waals surface area contributed by atoms with Gasteiger partial charge in [0, 0.05) is 10.0 Å². The molecule has 0 aliphatic carbocycles. The molecule has 194 valence electrons. The second kappa shape index (κ2) is 11.4. The van der Waals surface area contributed by atoms with E-state index < -0.39 is 12.0 Å². The lowest BCUT2D eigenvalue weighted by Gasteiger charge is -2.25. The van der Waals surface area contributed by atoms with Crippen molar-refractivity contribution >= 4 is 39.3 Å². The number of methoxy groups -OCH3 is 2. The molecule has 0 N–H and O–H groups in total. The van der Waals surface area contributed by atoms with Gasteiger partial charge in [0.1, 0.15) is 11.8 Å². The number of hydrogen-bond acceptors (Lipinski definition) is 8. The van der Waals surface area contributed by atoms with Gasteiger partial charge in [0.2, 0.25) is 0 Å². The number of benzene rings is 2. The minimum absolute atomic E-state index is 0.201. The van der Waals surface area contributed by atoms with Crippen molar-refractivity contribution in [3.05, 3.63) is 83.0 Å². The molecule has 0 bridgehead atoms. The van der Waals surface area contributed by atoms with E-state index in [1.807, 2.05) is 31.2 Å². The Balaban J connectivity index is 1.97. The van der Waals surface area contributed by atoms with Gasteiger partial charge in [-0.25, -0.2) is 9.79 Å². The van der Waals surface area contributed by atoms with E-state index in [-0.39, 0.29) is 12.2 Å². The second-order valence-electron chi connectivity index (χ2n) is 8.00. The SMILES string of the molecule is CCOC(=O)C1=C(C)N=c2s/c(=C/c3cc(OCC)c(OC)cc3Br)c(=O)n2C1c1ccccc1OC. The zero-order chi connectivity index (χ0) is 26.7. The number of fused-ring (bicyclic) bond motifs is 1. The highest BCUT2D eigenvalue weighted by Crippen LogP contribution is 2.36. The minimum Gasteiger partial charge on any atom is -0.496 e. The summed E-state index contributed by atoms with van der Waals surface area (Å²) in [5.41, 5.74) is 1.92. The predicted octanol–water partition coefficient (Wildman–Crippen LogP) is 3.98. The molecule has 8 nitrogen and oxygen atoms in total. The van der Waals surface area contributed by atoms with E-state index in [0.717, 1.165) is 10.0 Å². The van der Waals surface area contributed by atoms with Crippen LogP contribution in [0.4, 0.5) is 0 Å². The van der Waals surface area contributed by atoms with Gasteiger partial charge in [-0.1, -0.05) is 45.5 Å². The van der Waals surface area contributed by atoms with Crippen LogP contribution in [0, 0.1) is 0 Å². The Bertz CT molecular complexity index is 1560. The molecular formula is C27H27BrN2O6S. The van der Waals surface area contributed by atoms with E-state index in [1.54, 1.807) is 46.3 Å². The summed E-state index contributed by atoms with van der Waals surface area (Å²) in [5.74, 6) is 1.18. The molecule has 3 aromatic rings. The molecule has 37 heavy (non-hydrogen) atoms. The number of esters is 1. The Hall–Kier alpha value is -3.37. The van der Waals surface area contributed by atoms with Crippen LogP contribution in [0.5, 0.6) is 17.2 Å². The van der Waals surface area contributed by atoms with Crippen molar-refractivity contribution in [1.29, 1.82) is 0 Å². The van der Waals surface area contributed by atoms with Crippen LogP contribution in [0.1, 0.15) is 37.9 Å². The van der Waals surface area contributed by atoms with E-state index in [2.05, 4.69) is 20.9 Å². The lowest BCUT2D eigenvalue weighted by molar-refractivity contribution is -0.139. The number of aromatic nitrogens is 1. The van der Waals surface area contributed by atoms with E-state index in [0.29, 0.717) is 50.0 Å². The van der Waals surface area contributed by atoms with Gasteiger partial charge in [-0.2, -0.15) is 0 Å². The normalized spacial score (nSPS) is 15.2. The Kier molecular flexibility index (Phi) is 8.19. The molecule has 4 rings (SSSR count). The van der Waals surface area contributed by atoms with Crippen LogP contribution >= 0.6 is 27.3 Å². The van der Waals surface area contributed by atoms with E-state index in [9.17, 15) is 9.59 Å². The Labute approximate surface area is 226 Å². The molecule has 1 aromatic heterocycles. The minimum atomic E-state index is -0.758. The van der Waals surface area contributed by atoms with Crippen molar-refractivity contribution in [1.82, 2.24) is 4.57 Å². The molecule has 1 unspecified atom stereocenters. The maximum Gasteiger partial charge on any atom is 0.338 e. The summed E-state index contributed by atoms with van der Waals surface area (Å²) < 4.78 is 24.8. The molecule has 0 spiro atoms. The molecule has 0 saturated heterocycles. The Morgan fingerprint density at radius 2 is 1.84 bits per heavy atom. The fourth-order valence-electron chi connectivity index (χ4n) is 4.21. The first-order chi connectivity index (χ1) is 17.8. The zero-order valence-corrected chi connectivity index (χ0v) is 23.6. The molecule has 1 aliphatic rings. The summed E-state index contributed by atoms with van der Waals surface area (Å²) >= 11 is 4.82. The number of halogens is 1. The van der Waals surface area contributed by atoms with Gasteiger partial charge in [0.15, 0.2) is 16.3 Å². The first-order valence-corrected chi connectivity index (χ1v) is 13.3. The molecule has 1 aliphatic heterocycles. The summed E-state index contributed by atoms with van der Waals surface area (Å²) in [5, 5.41) is 0. The Morgan fingerprint density at radius 3 is 2.51 bits per heavy atom. The molecule has 0 amide bonds. The molecule has 2 aromatic carbocycles. The van der Waals surface area contributed by atoms with Crippen molar-refractivity contribution in [3.63, 3.8) is 0 Å². The summed E-state index contributed by atoms with van der Waals surface area (Å²) in [6.45, 7) is 6.05. The fourth-order valence-corrected chi connectivity index (χ4v) is 5.68. The zero-order valence-electron chi connectivity index (χ0n) is 21.2. The van der Waals surface area contributed by atoms with Gasteiger partial charge in [0.05, 0.1) is 43.2 Å². The van der Waals surface area contributed by atoms with Crippen molar-refractivity contribution < 1.29 is 23.7 Å². The predicted molar refractivity (Wildman–Crippen MR) is 145 cm³/mol. The first-order valence-electron chi connectivity index (χ1n) is 11.7. The first kappa shape index (κ1) is 26.7. The Morgan fingerprint density at radius 1 is 1.11 bits per heavy atom. The maximum absolute atomic E-state index is 13.9. The number of nitrogens with zero attached hydrogens (tertiary/aromatic N) is 2. The number of hydrogen-bond donors (Lipinski definition) is 0. The van der Waals surface area contributed by atoms with E-state index in [4.69, 9.17) is 18.9 Å².